The van der Waals surface area contributed by atoms with Crippen molar-refractivity contribution in [3.8, 4) is 0 Å². The van der Waals surface area contributed by atoms with Crippen molar-refractivity contribution in [3.63, 3.8) is 0 Å². The molecule has 3 rings (SSSR count). The van der Waals surface area contributed by atoms with Crippen LogP contribution in [0.15, 0.2) is 58.8 Å². The van der Waals surface area contributed by atoms with Gasteiger partial charge in [0.1, 0.15) is 5.03 Å². The van der Waals surface area contributed by atoms with E-state index in [0.29, 0.717) is 13.0 Å². The van der Waals surface area contributed by atoms with Crippen LogP contribution in [-0.2, 0) is 9.53 Å². The highest BCUT2D eigenvalue weighted by Gasteiger charge is 2.24. The van der Waals surface area contributed by atoms with E-state index in [-0.39, 0.29) is 22.4 Å². The van der Waals surface area contributed by atoms with Crippen LogP contribution in [0.4, 0.5) is 8.78 Å². The Morgan fingerprint density at radius 1 is 1.19 bits per heavy atom. The van der Waals surface area contributed by atoms with E-state index in [0.717, 1.165) is 11.3 Å². The van der Waals surface area contributed by atoms with Crippen LogP contribution in [0.5, 0.6) is 0 Å². The van der Waals surface area contributed by atoms with Crippen molar-refractivity contribution in [2.24, 2.45) is 5.10 Å². The van der Waals surface area contributed by atoms with Crippen molar-refractivity contribution in [1.29, 1.82) is 0 Å². The number of esters is 1. The molecule has 1 aliphatic heterocycles. The first-order chi connectivity index (χ1) is 13.0. The maximum absolute atomic E-state index is 12.6. The Morgan fingerprint density at radius 3 is 2.70 bits per heavy atom. The second-order valence-corrected chi connectivity index (χ2v) is 6.47. The summed E-state index contributed by atoms with van der Waals surface area (Å²) < 4.78 is 30.1. The first-order valence-corrected chi connectivity index (χ1v) is 8.93. The van der Waals surface area contributed by atoms with Gasteiger partial charge in [0, 0.05) is 12.6 Å². The fourth-order valence-corrected chi connectivity index (χ4v) is 3.04. The molecule has 0 N–H and O–H groups in total. The summed E-state index contributed by atoms with van der Waals surface area (Å²) in [5, 5.41) is 5.36. The maximum Gasteiger partial charge on any atom is 0.341 e. The summed E-state index contributed by atoms with van der Waals surface area (Å²) in [6, 6.07) is 12.2. The zero-order chi connectivity index (χ0) is 19.2. The number of benzene rings is 1. The summed E-state index contributed by atoms with van der Waals surface area (Å²) in [5.41, 5.74) is 1.59. The van der Waals surface area contributed by atoms with Gasteiger partial charge in [-0.3, -0.25) is 4.79 Å². The van der Waals surface area contributed by atoms with Crippen LogP contribution in [-0.4, -0.2) is 46.5 Å². The fourth-order valence-electron chi connectivity index (χ4n) is 2.47. The summed E-state index contributed by atoms with van der Waals surface area (Å²) in [5.74, 6) is -4.09. The molecule has 1 aliphatic rings. The average Bonchev–Trinajstić information content (AvgIpc) is 3.17. The van der Waals surface area contributed by atoms with Gasteiger partial charge in [-0.05, 0) is 29.5 Å². The number of hydrogen-bond donors (Lipinski definition) is 0. The normalized spacial score (nSPS) is 13.6. The first-order valence-electron chi connectivity index (χ1n) is 8.05. The lowest BCUT2D eigenvalue weighted by Crippen LogP contribution is -2.29. The molecule has 27 heavy (non-hydrogen) atoms. The van der Waals surface area contributed by atoms with Crippen LogP contribution in [0.3, 0.4) is 0 Å². The fraction of sp³-hybridized carbons (Fsp3) is 0.222. The third-order valence-electron chi connectivity index (χ3n) is 3.72. The topological polar surface area (TPSA) is 71.9 Å². The van der Waals surface area contributed by atoms with Crippen LogP contribution >= 0.6 is 11.8 Å². The second kappa shape index (κ2) is 8.72. The van der Waals surface area contributed by atoms with E-state index in [2.05, 4.69) is 10.1 Å². The lowest BCUT2D eigenvalue weighted by atomic mass is 10.1. The molecule has 0 bridgehead atoms. The number of rotatable bonds is 6. The van der Waals surface area contributed by atoms with Crippen LogP contribution in [0.2, 0.25) is 0 Å². The second-order valence-electron chi connectivity index (χ2n) is 5.49. The monoisotopic (exact) mass is 391 g/mol. The van der Waals surface area contributed by atoms with Gasteiger partial charge in [-0.2, -0.15) is 13.9 Å². The summed E-state index contributed by atoms with van der Waals surface area (Å²) in [7, 11) is 0. The molecule has 0 aliphatic carbocycles. The Labute approximate surface area is 158 Å². The van der Waals surface area contributed by atoms with Gasteiger partial charge in [0.15, 0.2) is 6.61 Å². The summed E-state index contributed by atoms with van der Waals surface area (Å²) in [6.45, 7) is -0.141. The molecule has 9 heteroatoms. The number of thioether (sulfide) groups is 1. The molecule has 1 amide bonds. The number of aromatic nitrogens is 1. The van der Waals surface area contributed by atoms with Gasteiger partial charge in [-0.15, -0.1) is 0 Å². The molecular weight excluding hydrogens is 376 g/mol. The minimum absolute atomic E-state index is 0.106. The van der Waals surface area contributed by atoms with Gasteiger partial charge in [0.25, 0.3) is 11.7 Å². The van der Waals surface area contributed by atoms with E-state index in [9.17, 15) is 18.4 Å². The standard InChI is InChI=1S/C18H15F2N3O3S/c19-18(20)27-16-13(7-4-9-21-16)17(25)26-11-15(24)23-10-8-14(22-23)12-5-2-1-3-6-12/h1-7,9,18H,8,10-11H2. The number of alkyl halides is 2. The molecule has 0 saturated carbocycles. The van der Waals surface area contributed by atoms with Gasteiger partial charge < -0.3 is 4.74 Å². The summed E-state index contributed by atoms with van der Waals surface area (Å²) in [6.07, 6.45) is 1.90. The average molecular weight is 391 g/mol. The molecule has 0 saturated heterocycles. The van der Waals surface area contributed by atoms with Crippen LogP contribution < -0.4 is 0 Å². The third-order valence-corrected chi connectivity index (χ3v) is 4.44. The Hall–Kier alpha value is -2.81. The molecule has 0 unspecified atom stereocenters. The number of hydrogen-bond acceptors (Lipinski definition) is 6. The molecular formula is C18H15F2N3O3S. The zero-order valence-electron chi connectivity index (χ0n) is 14.0. The highest BCUT2D eigenvalue weighted by Crippen LogP contribution is 2.26. The molecule has 0 spiro atoms. The number of amides is 1. The summed E-state index contributed by atoms with van der Waals surface area (Å²) in [4.78, 5) is 28.1. The van der Waals surface area contributed by atoms with Crippen LogP contribution in [0.25, 0.3) is 0 Å². The minimum atomic E-state index is -2.72. The number of halogens is 2. The van der Waals surface area contributed by atoms with Gasteiger partial charge in [-0.1, -0.05) is 30.3 Å². The first kappa shape index (κ1) is 19.0. The largest absolute Gasteiger partial charge is 0.452 e. The van der Waals surface area contributed by atoms with Crippen molar-refractivity contribution >= 4 is 29.4 Å². The van der Waals surface area contributed by atoms with E-state index in [1.165, 1.54) is 23.3 Å². The SMILES string of the molecule is O=C(OCC(=O)N1CCC(c2ccccc2)=N1)c1cccnc1SC(F)F. The number of pyridine rings is 1. The molecule has 6 nitrogen and oxygen atoms in total. The quantitative estimate of drug-likeness (QED) is 0.559. The summed E-state index contributed by atoms with van der Waals surface area (Å²) >= 11 is 0.148. The van der Waals surface area contributed by atoms with Crippen molar-refractivity contribution in [2.45, 2.75) is 17.2 Å². The van der Waals surface area contributed by atoms with Crippen molar-refractivity contribution in [2.75, 3.05) is 13.2 Å². The lowest BCUT2D eigenvalue weighted by Gasteiger charge is -2.12. The maximum atomic E-state index is 12.6. The van der Waals surface area contributed by atoms with Crippen molar-refractivity contribution in [3.05, 3.63) is 59.8 Å². The minimum Gasteiger partial charge on any atom is -0.452 e. The predicted octanol–water partition coefficient (Wildman–Crippen LogP) is 3.19. The van der Waals surface area contributed by atoms with E-state index >= 15 is 0 Å². The Bertz CT molecular complexity index is 862. The third kappa shape index (κ3) is 4.88. The van der Waals surface area contributed by atoms with E-state index < -0.39 is 24.2 Å². The number of carbonyl (C=O) groups is 2. The Morgan fingerprint density at radius 2 is 1.96 bits per heavy atom. The molecule has 1 aromatic heterocycles. The zero-order valence-corrected chi connectivity index (χ0v) is 14.9. The highest BCUT2D eigenvalue weighted by atomic mass is 32.2. The number of ether oxygens (including phenoxy) is 1. The number of nitrogens with zero attached hydrogens (tertiary/aromatic N) is 3. The van der Waals surface area contributed by atoms with Crippen molar-refractivity contribution < 1.29 is 23.1 Å². The molecule has 140 valence electrons. The van der Waals surface area contributed by atoms with Gasteiger partial charge >= 0.3 is 5.97 Å². The van der Waals surface area contributed by atoms with Crippen LogP contribution in [0, 0.1) is 0 Å². The predicted molar refractivity (Wildman–Crippen MR) is 95.7 cm³/mol. The van der Waals surface area contributed by atoms with Gasteiger partial charge in [0.2, 0.25) is 0 Å². The molecule has 2 aromatic rings. The molecule has 0 fully saturated rings. The van der Waals surface area contributed by atoms with Crippen molar-refractivity contribution in [1.82, 2.24) is 9.99 Å². The Kier molecular flexibility index (Phi) is 6.12. The molecule has 0 atom stereocenters. The molecule has 1 aromatic carbocycles. The number of carbonyl (C=O) groups excluding carboxylic acids is 2. The lowest BCUT2D eigenvalue weighted by molar-refractivity contribution is -0.134. The highest BCUT2D eigenvalue weighted by molar-refractivity contribution is 7.99. The molecule has 2 heterocycles. The Balaban J connectivity index is 1.60. The molecule has 0 radical (unpaired) electrons. The number of hydrazone groups is 1. The van der Waals surface area contributed by atoms with E-state index in [1.54, 1.807) is 0 Å². The van der Waals surface area contributed by atoms with E-state index in [1.807, 2.05) is 30.3 Å². The van der Waals surface area contributed by atoms with Gasteiger partial charge in [0.05, 0.1) is 17.8 Å². The van der Waals surface area contributed by atoms with Gasteiger partial charge in [-0.25, -0.2) is 14.8 Å². The van der Waals surface area contributed by atoms with E-state index in [4.69, 9.17) is 4.74 Å². The van der Waals surface area contributed by atoms with Crippen LogP contribution in [0.1, 0.15) is 22.3 Å². The smallest absolute Gasteiger partial charge is 0.341 e.